The minimum Gasteiger partial charge on any atom is -0.326 e. The monoisotopic (exact) mass is 315 g/mol. The number of rotatable bonds is 5. The Morgan fingerprint density at radius 2 is 2.00 bits per heavy atom. The van der Waals surface area contributed by atoms with Crippen LogP contribution in [0.5, 0.6) is 0 Å². The molecular formula is C17H21N3OS. The first-order valence-electron chi connectivity index (χ1n) is 7.71. The second-order valence-corrected chi connectivity index (χ2v) is 6.75. The Kier molecular flexibility index (Phi) is 4.85. The molecule has 2 heterocycles. The first-order valence-corrected chi connectivity index (χ1v) is 8.59. The summed E-state index contributed by atoms with van der Waals surface area (Å²) >= 11 is 1.58. The highest BCUT2D eigenvalue weighted by atomic mass is 32.1. The predicted molar refractivity (Wildman–Crippen MR) is 90.1 cm³/mol. The molecule has 0 radical (unpaired) electrons. The molecule has 0 unspecified atom stereocenters. The van der Waals surface area contributed by atoms with Crippen molar-refractivity contribution in [3.63, 3.8) is 0 Å². The third kappa shape index (κ3) is 4.15. The molecule has 1 aromatic heterocycles. The molecule has 0 aliphatic carbocycles. The average Bonchev–Trinajstić information content (AvgIpc) is 3.14. The Hall–Kier alpha value is -1.72. The van der Waals surface area contributed by atoms with Gasteiger partial charge in [-0.1, -0.05) is 17.7 Å². The summed E-state index contributed by atoms with van der Waals surface area (Å²) < 4.78 is 0. The van der Waals surface area contributed by atoms with Crippen molar-refractivity contribution in [3.8, 4) is 0 Å². The van der Waals surface area contributed by atoms with Crippen LogP contribution < -0.4 is 5.32 Å². The van der Waals surface area contributed by atoms with Crippen molar-refractivity contribution in [2.75, 3.05) is 18.4 Å². The largest absolute Gasteiger partial charge is 0.326 e. The zero-order chi connectivity index (χ0) is 15.4. The Morgan fingerprint density at radius 3 is 2.73 bits per heavy atom. The van der Waals surface area contributed by atoms with Gasteiger partial charge in [-0.05, 0) is 45.0 Å². The van der Waals surface area contributed by atoms with Crippen molar-refractivity contribution < 1.29 is 4.79 Å². The lowest BCUT2D eigenvalue weighted by Gasteiger charge is -2.11. The number of aryl methyl sites for hydroxylation is 1. The van der Waals surface area contributed by atoms with Crippen LogP contribution >= 0.6 is 11.3 Å². The van der Waals surface area contributed by atoms with Gasteiger partial charge in [0.15, 0.2) is 0 Å². The van der Waals surface area contributed by atoms with E-state index in [0.717, 1.165) is 22.9 Å². The number of nitrogens with zero attached hydrogens (tertiary/aromatic N) is 2. The maximum Gasteiger partial charge on any atom is 0.231 e. The Bertz CT molecular complexity index is 630. The summed E-state index contributed by atoms with van der Waals surface area (Å²) in [6.45, 7) is 5.28. The lowest BCUT2D eigenvalue weighted by Crippen LogP contribution is -2.18. The number of amides is 1. The number of thiazole rings is 1. The van der Waals surface area contributed by atoms with Crippen LogP contribution in [0.25, 0.3) is 0 Å². The molecule has 1 saturated heterocycles. The van der Waals surface area contributed by atoms with Crippen molar-refractivity contribution in [1.29, 1.82) is 0 Å². The van der Waals surface area contributed by atoms with Crippen molar-refractivity contribution in [2.45, 2.75) is 32.7 Å². The third-order valence-corrected chi connectivity index (χ3v) is 4.73. The van der Waals surface area contributed by atoms with Gasteiger partial charge in [-0.15, -0.1) is 11.3 Å². The molecule has 5 heteroatoms. The molecule has 2 aromatic rings. The van der Waals surface area contributed by atoms with Gasteiger partial charge >= 0.3 is 0 Å². The normalized spacial score (nSPS) is 15.1. The van der Waals surface area contributed by atoms with Crippen molar-refractivity contribution in [2.24, 2.45) is 0 Å². The van der Waals surface area contributed by atoms with Gasteiger partial charge in [-0.3, -0.25) is 9.69 Å². The van der Waals surface area contributed by atoms with E-state index < -0.39 is 0 Å². The summed E-state index contributed by atoms with van der Waals surface area (Å²) in [5.41, 5.74) is 3.11. The molecule has 1 fully saturated rings. The molecule has 22 heavy (non-hydrogen) atoms. The molecule has 3 rings (SSSR count). The molecular weight excluding hydrogens is 294 g/mol. The van der Waals surface area contributed by atoms with E-state index >= 15 is 0 Å². The Balaban J connectivity index is 1.52. The van der Waals surface area contributed by atoms with E-state index in [1.165, 1.54) is 31.5 Å². The smallest absolute Gasteiger partial charge is 0.231 e. The number of anilines is 1. The number of hydrogen-bond acceptors (Lipinski definition) is 4. The number of likely N-dealkylation sites (tertiary alicyclic amines) is 1. The Labute approximate surface area is 135 Å². The minimum atomic E-state index is -0.00840. The fraction of sp³-hybridized carbons (Fsp3) is 0.412. The maximum absolute atomic E-state index is 12.1. The van der Waals surface area contributed by atoms with Gasteiger partial charge in [0.05, 0.1) is 12.1 Å². The van der Waals surface area contributed by atoms with E-state index in [-0.39, 0.29) is 5.91 Å². The number of nitrogens with one attached hydrogen (secondary N) is 1. The predicted octanol–water partition coefficient (Wildman–Crippen LogP) is 3.23. The van der Waals surface area contributed by atoms with Gasteiger partial charge in [0, 0.05) is 17.6 Å². The van der Waals surface area contributed by atoms with Gasteiger partial charge in [-0.25, -0.2) is 4.98 Å². The average molecular weight is 315 g/mol. The minimum absolute atomic E-state index is 0.00840. The lowest BCUT2D eigenvalue weighted by atomic mass is 10.2. The molecule has 1 aromatic carbocycles. The van der Waals surface area contributed by atoms with E-state index in [1.807, 2.05) is 31.2 Å². The zero-order valence-corrected chi connectivity index (χ0v) is 13.7. The molecule has 1 N–H and O–H groups in total. The topological polar surface area (TPSA) is 45.2 Å². The van der Waals surface area contributed by atoms with Gasteiger partial charge in [-0.2, -0.15) is 0 Å². The molecule has 0 saturated carbocycles. The zero-order valence-electron chi connectivity index (χ0n) is 12.8. The maximum atomic E-state index is 12.1. The number of hydrogen-bond donors (Lipinski definition) is 1. The highest BCUT2D eigenvalue weighted by Gasteiger charge is 2.14. The van der Waals surface area contributed by atoms with Crippen molar-refractivity contribution in [1.82, 2.24) is 9.88 Å². The quantitative estimate of drug-likeness (QED) is 0.921. The fourth-order valence-electron chi connectivity index (χ4n) is 2.65. The number of aromatic nitrogens is 1. The third-order valence-electron chi connectivity index (χ3n) is 3.83. The highest BCUT2D eigenvalue weighted by Crippen LogP contribution is 2.16. The Morgan fingerprint density at radius 1 is 1.27 bits per heavy atom. The standard InChI is InChI=1S/C17H21N3OS/c1-13-4-6-14(7-5-13)18-16(21)10-17-19-15(12-22-17)11-20-8-2-3-9-20/h4-7,12H,2-3,8-11H2,1H3,(H,18,21). The van der Waals surface area contributed by atoms with Gasteiger partial charge < -0.3 is 5.32 Å². The van der Waals surface area contributed by atoms with Gasteiger partial charge in [0.25, 0.3) is 0 Å². The molecule has 0 spiro atoms. The first-order chi connectivity index (χ1) is 10.7. The summed E-state index contributed by atoms with van der Waals surface area (Å²) in [5, 5.41) is 5.88. The first kappa shape index (κ1) is 15.2. The van der Waals surface area contributed by atoms with Crippen LogP contribution in [-0.4, -0.2) is 28.9 Å². The summed E-state index contributed by atoms with van der Waals surface area (Å²) in [6.07, 6.45) is 2.92. The van der Waals surface area contributed by atoms with Crippen LogP contribution in [0.15, 0.2) is 29.6 Å². The van der Waals surface area contributed by atoms with E-state index in [4.69, 9.17) is 0 Å². The van der Waals surface area contributed by atoms with Crippen LogP contribution in [0.2, 0.25) is 0 Å². The van der Waals surface area contributed by atoms with Crippen molar-refractivity contribution in [3.05, 3.63) is 45.9 Å². The van der Waals surface area contributed by atoms with Crippen LogP contribution in [0.4, 0.5) is 5.69 Å². The molecule has 1 amide bonds. The summed E-state index contributed by atoms with van der Waals surface area (Å²) in [6, 6.07) is 7.84. The molecule has 0 atom stereocenters. The van der Waals surface area contributed by atoms with E-state index in [2.05, 4.69) is 20.6 Å². The van der Waals surface area contributed by atoms with Gasteiger partial charge in [0.2, 0.25) is 5.91 Å². The number of carbonyl (C=O) groups is 1. The molecule has 116 valence electrons. The second kappa shape index (κ2) is 7.03. The van der Waals surface area contributed by atoms with Crippen LogP contribution in [0.1, 0.15) is 29.1 Å². The molecule has 1 aliphatic heterocycles. The van der Waals surface area contributed by atoms with E-state index in [0.29, 0.717) is 6.42 Å². The van der Waals surface area contributed by atoms with Crippen LogP contribution in [-0.2, 0) is 17.8 Å². The van der Waals surface area contributed by atoms with Gasteiger partial charge in [0.1, 0.15) is 5.01 Å². The highest BCUT2D eigenvalue weighted by molar-refractivity contribution is 7.09. The fourth-order valence-corrected chi connectivity index (χ4v) is 3.44. The molecule has 1 aliphatic rings. The second-order valence-electron chi connectivity index (χ2n) is 5.81. The number of benzene rings is 1. The molecule has 4 nitrogen and oxygen atoms in total. The summed E-state index contributed by atoms with van der Waals surface area (Å²) in [5.74, 6) is -0.00840. The summed E-state index contributed by atoms with van der Waals surface area (Å²) in [7, 11) is 0. The van der Waals surface area contributed by atoms with E-state index in [9.17, 15) is 4.79 Å². The van der Waals surface area contributed by atoms with Crippen molar-refractivity contribution >= 4 is 22.9 Å². The summed E-state index contributed by atoms with van der Waals surface area (Å²) in [4.78, 5) is 19.1. The van der Waals surface area contributed by atoms with Crippen LogP contribution in [0.3, 0.4) is 0 Å². The SMILES string of the molecule is Cc1ccc(NC(=O)Cc2nc(CN3CCCC3)cs2)cc1. The van der Waals surface area contributed by atoms with E-state index in [1.54, 1.807) is 11.3 Å². The molecule has 0 bridgehead atoms. The number of carbonyl (C=O) groups excluding carboxylic acids is 1. The lowest BCUT2D eigenvalue weighted by molar-refractivity contribution is -0.115. The van der Waals surface area contributed by atoms with Crippen LogP contribution in [0, 0.1) is 6.92 Å².